The monoisotopic (exact) mass is 327 g/mol. The van der Waals surface area contributed by atoms with Crippen LogP contribution < -0.4 is 0 Å². The molecule has 3 rings (SSSR count). The second kappa shape index (κ2) is 7.57. The average molecular weight is 327 g/mol. The first-order valence-corrected chi connectivity index (χ1v) is 8.47. The second-order valence-corrected chi connectivity index (χ2v) is 6.57. The van der Waals surface area contributed by atoms with Crippen molar-refractivity contribution in [3.8, 4) is 0 Å². The molecule has 2 aromatic rings. The Morgan fingerprint density at radius 2 is 2.21 bits per heavy atom. The SMILES string of the molecule is CN(CC(=O)N1CCC[C@@H](c2nccn2C)C1)Cc1ccccn1. The van der Waals surface area contributed by atoms with Crippen LogP contribution in [-0.2, 0) is 18.4 Å². The molecule has 24 heavy (non-hydrogen) atoms. The number of piperidine rings is 1. The van der Waals surface area contributed by atoms with Gasteiger partial charge >= 0.3 is 0 Å². The first-order chi connectivity index (χ1) is 11.6. The van der Waals surface area contributed by atoms with Crippen LogP contribution in [0.4, 0.5) is 0 Å². The van der Waals surface area contributed by atoms with Crippen molar-refractivity contribution in [1.29, 1.82) is 0 Å². The van der Waals surface area contributed by atoms with Gasteiger partial charge in [0.25, 0.3) is 0 Å². The van der Waals surface area contributed by atoms with Crippen molar-refractivity contribution in [3.05, 3.63) is 48.3 Å². The Morgan fingerprint density at radius 1 is 1.33 bits per heavy atom. The van der Waals surface area contributed by atoms with Crippen LogP contribution in [0, 0.1) is 0 Å². The van der Waals surface area contributed by atoms with Crippen LogP contribution in [-0.4, -0.2) is 56.9 Å². The normalized spacial score (nSPS) is 18.1. The molecule has 0 radical (unpaired) electrons. The molecule has 1 atom stereocenters. The first-order valence-electron chi connectivity index (χ1n) is 8.47. The molecule has 0 bridgehead atoms. The van der Waals surface area contributed by atoms with Gasteiger partial charge in [-0.05, 0) is 32.0 Å². The molecular weight excluding hydrogens is 302 g/mol. The van der Waals surface area contributed by atoms with Gasteiger partial charge in [-0.3, -0.25) is 14.7 Å². The van der Waals surface area contributed by atoms with Gasteiger partial charge in [-0.15, -0.1) is 0 Å². The predicted molar refractivity (Wildman–Crippen MR) is 92.3 cm³/mol. The quantitative estimate of drug-likeness (QED) is 0.838. The van der Waals surface area contributed by atoms with E-state index in [0.717, 1.165) is 37.4 Å². The maximum absolute atomic E-state index is 12.6. The fourth-order valence-electron chi connectivity index (χ4n) is 3.34. The van der Waals surface area contributed by atoms with Crippen molar-refractivity contribution in [3.63, 3.8) is 0 Å². The molecule has 1 aliphatic heterocycles. The van der Waals surface area contributed by atoms with Crippen molar-refractivity contribution >= 4 is 5.91 Å². The van der Waals surface area contributed by atoms with Crippen molar-refractivity contribution in [2.24, 2.45) is 7.05 Å². The maximum Gasteiger partial charge on any atom is 0.236 e. The molecule has 1 saturated heterocycles. The zero-order chi connectivity index (χ0) is 16.9. The van der Waals surface area contributed by atoms with Gasteiger partial charge in [-0.2, -0.15) is 0 Å². The van der Waals surface area contributed by atoms with Crippen LogP contribution in [0.3, 0.4) is 0 Å². The van der Waals surface area contributed by atoms with Crippen LogP contribution in [0.15, 0.2) is 36.8 Å². The molecule has 3 heterocycles. The lowest BCUT2D eigenvalue weighted by molar-refractivity contribution is -0.133. The predicted octanol–water partition coefficient (Wildman–Crippen LogP) is 1.65. The van der Waals surface area contributed by atoms with E-state index in [1.807, 2.05) is 54.5 Å². The molecule has 128 valence electrons. The van der Waals surface area contributed by atoms with E-state index in [9.17, 15) is 4.79 Å². The second-order valence-electron chi connectivity index (χ2n) is 6.57. The molecule has 0 aromatic carbocycles. The minimum absolute atomic E-state index is 0.187. The zero-order valence-electron chi connectivity index (χ0n) is 14.4. The topological polar surface area (TPSA) is 54.3 Å². The number of pyridine rings is 1. The van der Waals surface area contributed by atoms with Gasteiger partial charge < -0.3 is 9.47 Å². The minimum atomic E-state index is 0.187. The Labute approximate surface area is 143 Å². The fraction of sp³-hybridized carbons (Fsp3) is 0.500. The van der Waals surface area contributed by atoms with Gasteiger partial charge in [0.05, 0.1) is 12.2 Å². The first kappa shape index (κ1) is 16.6. The summed E-state index contributed by atoms with van der Waals surface area (Å²) in [7, 11) is 3.98. The Balaban J connectivity index is 1.55. The van der Waals surface area contributed by atoms with E-state index in [1.54, 1.807) is 6.20 Å². The molecule has 2 aromatic heterocycles. The number of carbonyl (C=O) groups is 1. The Morgan fingerprint density at radius 3 is 2.92 bits per heavy atom. The summed E-state index contributed by atoms with van der Waals surface area (Å²) in [6.45, 7) is 2.71. The molecule has 6 nitrogen and oxygen atoms in total. The third kappa shape index (κ3) is 4.00. The number of imidazole rings is 1. The highest BCUT2D eigenvalue weighted by Gasteiger charge is 2.27. The van der Waals surface area contributed by atoms with Gasteiger partial charge in [-0.25, -0.2) is 4.98 Å². The number of rotatable bonds is 5. The molecule has 1 fully saturated rings. The minimum Gasteiger partial charge on any atom is -0.341 e. The van der Waals surface area contributed by atoms with Gasteiger partial charge in [-0.1, -0.05) is 6.07 Å². The Kier molecular flexibility index (Phi) is 5.25. The molecular formula is C18H25N5O. The molecule has 1 aliphatic rings. The number of likely N-dealkylation sites (tertiary alicyclic amines) is 1. The summed E-state index contributed by atoms with van der Waals surface area (Å²) in [6, 6.07) is 5.86. The molecule has 0 N–H and O–H groups in total. The molecule has 1 amide bonds. The third-order valence-electron chi connectivity index (χ3n) is 4.56. The number of likely N-dealkylation sites (N-methyl/N-ethyl adjacent to an activating group) is 1. The van der Waals surface area contributed by atoms with Crippen LogP contribution in [0.5, 0.6) is 0 Å². The van der Waals surface area contributed by atoms with Crippen molar-refractivity contribution in [2.45, 2.75) is 25.3 Å². The maximum atomic E-state index is 12.6. The van der Waals surface area contributed by atoms with E-state index in [0.29, 0.717) is 19.0 Å². The number of aryl methyl sites for hydroxylation is 1. The van der Waals surface area contributed by atoms with Gasteiger partial charge in [0.2, 0.25) is 5.91 Å². The van der Waals surface area contributed by atoms with Crippen molar-refractivity contribution < 1.29 is 4.79 Å². The van der Waals surface area contributed by atoms with Gasteiger partial charge in [0, 0.05) is 51.2 Å². The molecule has 0 saturated carbocycles. The summed E-state index contributed by atoms with van der Waals surface area (Å²) in [5, 5.41) is 0. The smallest absolute Gasteiger partial charge is 0.236 e. The lowest BCUT2D eigenvalue weighted by Gasteiger charge is -2.33. The summed E-state index contributed by atoms with van der Waals surface area (Å²) in [5.74, 6) is 1.60. The number of amides is 1. The number of hydrogen-bond donors (Lipinski definition) is 0. The Hall–Kier alpha value is -2.21. The largest absolute Gasteiger partial charge is 0.341 e. The van der Waals surface area contributed by atoms with E-state index >= 15 is 0 Å². The van der Waals surface area contributed by atoms with Crippen LogP contribution in [0.2, 0.25) is 0 Å². The van der Waals surface area contributed by atoms with E-state index in [-0.39, 0.29) is 5.91 Å². The van der Waals surface area contributed by atoms with Crippen LogP contribution in [0.1, 0.15) is 30.3 Å². The summed E-state index contributed by atoms with van der Waals surface area (Å²) >= 11 is 0. The summed E-state index contributed by atoms with van der Waals surface area (Å²) in [4.78, 5) is 25.4. The number of nitrogens with zero attached hydrogens (tertiary/aromatic N) is 5. The highest BCUT2D eigenvalue weighted by atomic mass is 16.2. The molecule has 6 heteroatoms. The van der Waals surface area contributed by atoms with E-state index in [4.69, 9.17) is 0 Å². The van der Waals surface area contributed by atoms with E-state index in [2.05, 4.69) is 14.5 Å². The van der Waals surface area contributed by atoms with E-state index in [1.165, 1.54) is 0 Å². The van der Waals surface area contributed by atoms with Crippen molar-refractivity contribution in [1.82, 2.24) is 24.3 Å². The molecule has 0 aliphatic carbocycles. The van der Waals surface area contributed by atoms with Gasteiger partial charge in [0.15, 0.2) is 0 Å². The van der Waals surface area contributed by atoms with Crippen LogP contribution in [0.25, 0.3) is 0 Å². The van der Waals surface area contributed by atoms with Gasteiger partial charge in [0.1, 0.15) is 5.82 Å². The van der Waals surface area contributed by atoms with E-state index < -0.39 is 0 Å². The Bertz CT molecular complexity index is 669. The summed E-state index contributed by atoms with van der Waals surface area (Å²) in [6.07, 6.45) is 7.71. The number of carbonyl (C=O) groups excluding carboxylic acids is 1. The molecule has 0 unspecified atom stereocenters. The molecule has 0 spiro atoms. The summed E-state index contributed by atoms with van der Waals surface area (Å²) < 4.78 is 2.06. The lowest BCUT2D eigenvalue weighted by Crippen LogP contribution is -2.44. The fourth-order valence-corrected chi connectivity index (χ4v) is 3.34. The average Bonchev–Trinajstić information content (AvgIpc) is 3.02. The lowest BCUT2D eigenvalue weighted by atomic mass is 9.97. The van der Waals surface area contributed by atoms with Crippen molar-refractivity contribution in [2.75, 3.05) is 26.7 Å². The van der Waals surface area contributed by atoms with Crippen LogP contribution >= 0.6 is 0 Å². The zero-order valence-corrected chi connectivity index (χ0v) is 14.4. The standard InChI is InChI=1S/C18H25N5O/c1-21(13-16-7-3-4-8-19-16)14-17(24)23-10-5-6-15(12-23)18-20-9-11-22(18)2/h3-4,7-9,11,15H,5-6,10,12-14H2,1-2H3/t15-/m1/s1. The highest BCUT2D eigenvalue weighted by Crippen LogP contribution is 2.25. The third-order valence-corrected chi connectivity index (χ3v) is 4.56. The number of hydrogen-bond acceptors (Lipinski definition) is 4. The highest BCUT2D eigenvalue weighted by molar-refractivity contribution is 5.78. The number of aromatic nitrogens is 3. The summed E-state index contributed by atoms with van der Waals surface area (Å²) in [5.41, 5.74) is 0.984.